The zero-order valence-electron chi connectivity index (χ0n) is 16.8. The van der Waals surface area contributed by atoms with Crippen molar-refractivity contribution >= 4 is 11.9 Å². The van der Waals surface area contributed by atoms with Gasteiger partial charge in [-0.3, -0.25) is 4.79 Å². The third-order valence-corrected chi connectivity index (χ3v) is 5.69. The molecule has 2 aliphatic rings. The van der Waals surface area contributed by atoms with Gasteiger partial charge in [-0.05, 0) is 55.7 Å². The van der Waals surface area contributed by atoms with E-state index in [-0.39, 0.29) is 18.0 Å². The Morgan fingerprint density at radius 2 is 1.79 bits per heavy atom. The first-order valence-electron chi connectivity index (χ1n) is 10.6. The predicted molar refractivity (Wildman–Crippen MR) is 109 cm³/mol. The van der Waals surface area contributed by atoms with Gasteiger partial charge in [0.1, 0.15) is 5.75 Å². The van der Waals surface area contributed by atoms with Crippen LogP contribution in [0.25, 0.3) is 0 Å². The van der Waals surface area contributed by atoms with Gasteiger partial charge in [0, 0.05) is 19.0 Å². The summed E-state index contributed by atoms with van der Waals surface area (Å²) in [6.07, 6.45) is 9.18. The Kier molecular flexibility index (Phi) is 7.57. The first-order valence-corrected chi connectivity index (χ1v) is 10.6. The van der Waals surface area contributed by atoms with E-state index in [0.29, 0.717) is 31.3 Å². The van der Waals surface area contributed by atoms with Crippen molar-refractivity contribution in [1.82, 2.24) is 16.0 Å². The number of rotatable bonds is 9. The van der Waals surface area contributed by atoms with Gasteiger partial charge in [0.05, 0.1) is 13.2 Å². The van der Waals surface area contributed by atoms with Gasteiger partial charge in [0.2, 0.25) is 5.91 Å². The summed E-state index contributed by atoms with van der Waals surface area (Å²) in [4.78, 5) is 24.3. The van der Waals surface area contributed by atoms with Crippen LogP contribution in [0.4, 0.5) is 4.79 Å². The highest BCUT2D eigenvalue weighted by Gasteiger charge is 2.33. The van der Waals surface area contributed by atoms with E-state index in [0.717, 1.165) is 37.0 Å². The molecule has 2 fully saturated rings. The Morgan fingerprint density at radius 3 is 2.43 bits per heavy atom. The third-order valence-electron chi connectivity index (χ3n) is 5.69. The molecule has 0 radical (unpaired) electrons. The lowest BCUT2D eigenvalue weighted by molar-refractivity contribution is -0.122. The molecule has 6 nitrogen and oxygen atoms in total. The van der Waals surface area contributed by atoms with Crippen LogP contribution in [0.15, 0.2) is 24.3 Å². The van der Waals surface area contributed by atoms with Gasteiger partial charge in [-0.25, -0.2) is 4.79 Å². The molecule has 1 atom stereocenters. The minimum atomic E-state index is -0.110. The van der Waals surface area contributed by atoms with E-state index in [1.165, 1.54) is 19.3 Å². The van der Waals surface area contributed by atoms with Crippen molar-refractivity contribution in [2.45, 2.75) is 69.9 Å². The number of amides is 3. The molecule has 0 saturated heterocycles. The van der Waals surface area contributed by atoms with E-state index in [1.54, 1.807) is 7.11 Å². The molecule has 28 heavy (non-hydrogen) atoms. The molecule has 3 amide bonds. The molecule has 154 valence electrons. The smallest absolute Gasteiger partial charge is 0.315 e. The first kappa shape index (κ1) is 20.5. The van der Waals surface area contributed by atoms with Gasteiger partial charge >= 0.3 is 6.03 Å². The molecule has 2 aliphatic carbocycles. The van der Waals surface area contributed by atoms with Gasteiger partial charge in [-0.1, -0.05) is 31.4 Å². The minimum Gasteiger partial charge on any atom is -0.497 e. The van der Waals surface area contributed by atoms with Gasteiger partial charge in [0.15, 0.2) is 0 Å². The maximum Gasteiger partial charge on any atom is 0.315 e. The number of methoxy groups -OCH3 is 1. The lowest BCUT2D eigenvalue weighted by Gasteiger charge is -2.23. The summed E-state index contributed by atoms with van der Waals surface area (Å²) < 4.78 is 5.21. The summed E-state index contributed by atoms with van der Waals surface area (Å²) >= 11 is 0. The molecule has 0 spiro atoms. The van der Waals surface area contributed by atoms with Gasteiger partial charge < -0.3 is 20.7 Å². The number of carbonyl (C=O) groups excluding carboxylic acids is 2. The number of hydrogen-bond donors (Lipinski definition) is 3. The molecular formula is C22H33N3O3. The van der Waals surface area contributed by atoms with Gasteiger partial charge in [0.25, 0.3) is 0 Å². The highest BCUT2D eigenvalue weighted by Crippen LogP contribution is 2.41. The predicted octanol–water partition coefficient (Wildman–Crippen LogP) is 3.67. The number of hydrogen-bond acceptors (Lipinski definition) is 3. The molecule has 3 rings (SSSR count). The zero-order chi connectivity index (χ0) is 19.8. The van der Waals surface area contributed by atoms with E-state index in [2.05, 4.69) is 16.0 Å². The van der Waals surface area contributed by atoms with Crippen molar-refractivity contribution in [2.24, 2.45) is 5.92 Å². The molecular weight excluding hydrogens is 354 g/mol. The second-order valence-electron chi connectivity index (χ2n) is 7.99. The molecule has 0 heterocycles. The lowest BCUT2D eigenvalue weighted by Crippen LogP contribution is -2.43. The second-order valence-corrected chi connectivity index (χ2v) is 7.99. The van der Waals surface area contributed by atoms with E-state index < -0.39 is 0 Å². The number of urea groups is 1. The topological polar surface area (TPSA) is 79.5 Å². The number of benzene rings is 1. The molecule has 1 aromatic carbocycles. The highest BCUT2D eigenvalue weighted by atomic mass is 16.5. The number of ether oxygens (including phenoxy) is 1. The van der Waals surface area contributed by atoms with Crippen LogP contribution in [0.3, 0.4) is 0 Å². The molecule has 6 heteroatoms. The van der Waals surface area contributed by atoms with Gasteiger partial charge in [-0.15, -0.1) is 0 Å². The first-order chi connectivity index (χ1) is 13.7. The van der Waals surface area contributed by atoms with E-state index in [1.807, 2.05) is 24.3 Å². The highest BCUT2D eigenvalue weighted by molar-refractivity contribution is 5.77. The summed E-state index contributed by atoms with van der Waals surface area (Å²) in [5.74, 6) is 1.39. The van der Waals surface area contributed by atoms with Crippen LogP contribution in [0, 0.1) is 5.92 Å². The zero-order valence-corrected chi connectivity index (χ0v) is 16.8. The second kappa shape index (κ2) is 10.3. The quantitative estimate of drug-likeness (QED) is 0.566. The molecule has 0 aromatic heterocycles. The average molecular weight is 388 g/mol. The van der Waals surface area contributed by atoms with Crippen molar-refractivity contribution in [3.8, 4) is 5.75 Å². The van der Waals surface area contributed by atoms with Gasteiger partial charge in [-0.2, -0.15) is 0 Å². The van der Waals surface area contributed by atoms with Crippen molar-refractivity contribution in [1.29, 1.82) is 0 Å². The maximum atomic E-state index is 12.4. The fourth-order valence-electron chi connectivity index (χ4n) is 3.89. The Hall–Kier alpha value is -2.24. The normalized spacial score (nSPS) is 18.2. The largest absolute Gasteiger partial charge is 0.497 e. The number of nitrogens with one attached hydrogen (secondary N) is 3. The monoisotopic (exact) mass is 387 g/mol. The van der Waals surface area contributed by atoms with E-state index >= 15 is 0 Å². The fourth-order valence-corrected chi connectivity index (χ4v) is 3.89. The van der Waals surface area contributed by atoms with Crippen LogP contribution in [0.1, 0.15) is 69.4 Å². The van der Waals surface area contributed by atoms with Crippen LogP contribution >= 0.6 is 0 Å². The van der Waals surface area contributed by atoms with Crippen molar-refractivity contribution in [2.75, 3.05) is 13.7 Å². The summed E-state index contributed by atoms with van der Waals surface area (Å²) in [5.41, 5.74) is 1.13. The summed E-state index contributed by atoms with van der Waals surface area (Å²) in [5, 5.41) is 9.08. The Balaban J connectivity index is 1.36. The molecule has 1 aromatic rings. The minimum absolute atomic E-state index is 0.0437. The fraction of sp³-hybridized carbons (Fsp3) is 0.636. The molecule has 3 N–H and O–H groups in total. The van der Waals surface area contributed by atoms with Crippen LogP contribution in [-0.2, 0) is 4.79 Å². The molecule has 0 bridgehead atoms. The Morgan fingerprint density at radius 1 is 1.07 bits per heavy atom. The SMILES string of the molecule is COc1ccc(C(NC(=O)CCCNC(=O)NC2CCCCC2)C2CC2)cc1. The van der Waals surface area contributed by atoms with Crippen molar-refractivity contribution in [3.05, 3.63) is 29.8 Å². The van der Waals surface area contributed by atoms with Crippen LogP contribution in [0.5, 0.6) is 5.75 Å². The third kappa shape index (κ3) is 6.43. The van der Waals surface area contributed by atoms with Crippen molar-refractivity contribution in [3.63, 3.8) is 0 Å². The maximum absolute atomic E-state index is 12.4. The van der Waals surface area contributed by atoms with Crippen molar-refractivity contribution < 1.29 is 14.3 Å². The summed E-state index contributed by atoms with van der Waals surface area (Å²) in [7, 11) is 1.65. The van der Waals surface area contributed by atoms with E-state index in [9.17, 15) is 9.59 Å². The standard InChI is InChI=1S/C22H33N3O3/c1-28-19-13-11-17(12-14-19)21(16-9-10-16)25-20(26)8-5-15-23-22(27)24-18-6-3-2-4-7-18/h11-14,16,18,21H,2-10,15H2,1H3,(H,25,26)(H2,23,24,27). The Labute approximate surface area is 167 Å². The number of carbonyl (C=O) groups is 2. The Bertz CT molecular complexity index is 637. The molecule has 1 unspecified atom stereocenters. The lowest BCUT2D eigenvalue weighted by atomic mass is 9.96. The average Bonchev–Trinajstić information content (AvgIpc) is 3.55. The van der Waals surface area contributed by atoms with E-state index in [4.69, 9.17) is 4.74 Å². The van der Waals surface area contributed by atoms with Crippen LogP contribution in [0.2, 0.25) is 0 Å². The summed E-state index contributed by atoms with van der Waals surface area (Å²) in [6.45, 7) is 0.516. The van der Waals surface area contributed by atoms with Crippen LogP contribution in [-0.4, -0.2) is 31.6 Å². The van der Waals surface area contributed by atoms with Crippen LogP contribution < -0.4 is 20.7 Å². The molecule has 2 saturated carbocycles. The summed E-state index contributed by atoms with van der Waals surface area (Å²) in [6, 6.07) is 8.19. The molecule has 0 aliphatic heterocycles.